The van der Waals surface area contributed by atoms with E-state index in [1.807, 2.05) is 0 Å². The van der Waals surface area contributed by atoms with Gasteiger partial charge in [0.2, 0.25) is 0 Å². The van der Waals surface area contributed by atoms with Crippen molar-refractivity contribution >= 4 is 0 Å². The van der Waals surface area contributed by atoms with E-state index in [9.17, 15) is 0 Å². The molecule has 0 nitrogen and oxygen atoms in total. The Kier molecular flexibility index (Phi) is 3.79. The third-order valence-electron chi connectivity index (χ3n) is 4.82. The fraction of sp³-hybridized carbons (Fsp3) is 1.00. The molecule has 3 unspecified atom stereocenters. The summed E-state index contributed by atoms with van der Waals surface area (Å²) in [7, 11) is 0. The average molecular weight is 238 g/mol. The Hall–Kier alpha value is 0. The fourth-order valence-electron chi connectivity index (χ4n) is 4.85. The molecule has 3 atom stereocenters. The first kappa shape index (κ1) is 15.1. The maximum Gasteiger partial charge on any atom is -0.0280 e. The van der Waals surface area contributed by atoms with E-state index in [0.717, 1.165) is 17.8 Å². The summed E-state index contributed by atoms with van der Waals surface area (Å²) in [6.45, 7) is 22.1. The first-order valence-electron chi connectivity index (χ1n) is 7.36. The molecule has 0 spiro atoms. The van der Waals surface area contributed by atoms with Crippen molar-refractivity contribution in [2.24, 2.45) is 34.0 Å². The lowest BCUT2D eigenvalue weighted by Gasteiger charge is -2.56. The number of hydrogen-bond donors (Lipinski definition) is 0. The number of hydrogen-bond acceptors (Lipinski definition) is 0. The van der Waals surface area contributed by atoms with E-state index in [0.29, 0.717) is 16.2 Å². The number of rotatable bonds is 0. The van der Waals surface area contributed by atoms with Gasteiger partial charge in [-0.1, -0.05) is 62.3 Å². The molecule has 0 heteroatoms. The van der Waals surface area contributed by atoms with E-state index in [4.69, 9.17) is 0 Å². The molecule has 1 fully saturated rings. The quantitative estimate of drug-likeness (QED) is 0.503. The SMILES string of the molecule is CC1CC(C(C)(C)C)C(C(C)(C)C)C(C)(C)C1. The van der Waals surface area contributed by atoms with Gasteiger partial charge in [0.15, 0.2) is 0 Å². The standard InChI is InChI=1S/C17H34/c1-12-10-13(15(2,3)4)14(16(5,6)7)17(8,9)11-12/h12-14H,10-11H2,1-9H3. The van der Waals surface area contributed by atoms with E-state index in [1.165, 1.54) is 12.8 Å². The van der Waals surface area contributed by atoms with Crippen LogP contribution in [-0.4, -0.2) is 0 Å². The average Bonchev–Trinajstić information content (AvgIpc) is 1.94. The molecule has 0 radical (unpaired) electrons. The van der Waals surface area contributed by atoms with E-state index in [1.54, 1.807) is 0 Å². The Labute approximate surface area is 110 Å². The molecule has 1 aliphatic carbocycles. The Morgan fingerprint density at radius 2 is 1.35 bits per heavy atom. The predicted molar refractivity (Wildman–Crippen MR) is 78.1 cm³/mol. The summed E-state index contributed by atoms with van der Waals surface area (Å²) in [5.74, 6) is 2.56. The second-order valence-corrected chi connectivity index (χ2v) is 9.35. The summed E-state index contributed by atoms with van der Waals surface area (Å²) in [6.07, 6.45) is 2.80. The van der Waals surface area contributed by atoms with Crippen LogP contribution in [0.25, 0.3) is 0 Å². The molecule has 0 N–H and O–H groups in total. The molecule has 0 aromatic rings. The van der Waals surface area contributed by atoms with Crippen molar-refractivity contribution in [3.63, 3.8) is 0 Å². The van der Waals surface area contributed by atoms with Gasteiger partial charge < -0.3 is 0 Å². The lowest BCUT2D eigenvalue weighted by molar-refractivity contribution is -0.0726. The van der Waals surface area contributed by atoms with Gasteiger partial charge in [-0.3, -0.25) is 0 Å². The molecule has 1 saturated carbocycles. The highest BCUT2D eigenvalue weighted by Crippen LogP contribution is 2.58. The molecule has 0 amide bonds. The summed E-state index contributed by atoms with van der Waals surface area (Å²) < 4.78 is 0. The van der Waals surface area contributed by atoms with Crippen molar-refractivity contribution in [1.29, 1.82) is 0 Å². The van der Waals surface area contributed by atoms with E-state index >= 15 is 0 Å². The van der Waals surface area contributed by atoms with Crippen LogP contribution in [0.1, 0.15) is 75.2 Å². The van der Waals surface area contributed by atoms with Crippen molar-refractivity contribution in [3.8, 4) is 0 Å². The van der Waals surface area contributed by atoms with Crippen LogP contribution in [0.5, 0.6) is 0 Å². The minimum Gasteiger partial charge on any atom is -0.0625 e. The van der Waals surface area contributed by atoms with Gasteiger partial charge in [0, 0.05) is 0 Å². The first-order chi connectivity index (χ1) is 7.36. The second kappa shape index (κ2) is 4.28. The van der Waals surface area contributed by atoms with Gasteiger partial charge >= 0.3 is 0 Å². The van der Waals surface area contributed by atoms with Gasteiger partial charge in [0.05, 0.1) is 0 Å². The van der Waals surface area contributed by atoms with Crippen molar-refractivity contribution in [2.45, 2.75) is 75.2 Å². The largest absolute Gasteiger partial charge is 0.0625 e. The minimum absolute atomic E-state index is 0.418. The zero-order chi connectivity index (χ0) is 13.6. The Morgan fingerprint density at radius 1 is 0.882 bits per heavy atom. The van der Waals surface area contributed by atoms with Crippen molar-refractivity contribution < 1.29 is 0 Å². The van der Waals surface area contributed by atoms with Crippen LogP contribution in [0, 0.1) is 34.0 Å². The van der Waals surface area contributed by atoms with Crippen LogP contribution in [0.3, 0.4) is 0 Å². The van der Waals surface area contributed by atoms with Gasteiger partial charge in [0.25, 0.3) is 0 Å². The third-order valence-corrected chi connectivity index (χ3v) is 4.82. The molecule has 0 saturated heterocycles. The molecule has 1 aliphatic rings. The smallest absolute Gasteiger partial charge is 0.0280 e. The van der Waals surface area contributed by atoms with Gasteiger partial charge in [-0.05, 0) is 46.8 Å². The molecule has 0 aromatic heterocycles. The Morgan fingerprint density at radius 3 is 1.71 bits per heavy atom. The topological polar surface area (TPSA) is 0 Å². The molecule has 0 aromatic carbocycles. The summed E-state index contributed by atoms with van der Waals surface area (Å²) in [6, 6.07) is 0. The molecule has 1 rings (SSSR count). The molecular weight excluding hydrogens is 204 g/mol. The molecular formula is C17H34. The van der Waals surface area contributed by atoms with Crippen LogP contribution in [-0.2, 0) is 0 Å². The summed E-state index contributed by atoms with van der Waals surface area (Å²) in [5.41, 5.74) is 1.33. The normalized spacial score (nSPS) is 34.8. The zero-order valence-corrected chi connectivity index (χ0v) is 13.6. The van der Waals surface area contributed by atoms with E-state index in [-0.39, 0.29) is 0 Å². The summed E-state index contributed by atoms with van der Waals surface area (Å²) >= 11 is 0. The first-order valence-corrected chi connectivity index (χ1v) is 7.36. The van der Waals surface area contributed by atoms with E-state index < -0.39 is 0 Å². The van der Waals surface area contributed by atoms with Crippen LogP contribution >= 0.6 is 0 Å². The molecule has 0 aliphatic heterocycles. The predicted octanol–water partition coefficient (Wildman–Crippen LogP) is 5.77. The van der Waals surface area contributed by atoms with Gasteiger partial charge in [-0.2, -0.15) is 0 Å². The third kappa shape index (κ3) is 3.26. The Bertz CT molecular complexity index is 259. The molecule has 0 heterocycles. The van der Waals surface area contributed by atoms with E-state index in [2.05, 4.69) is 62.3 Å². The van der Waals surface area contributed by atoms with Crippen LogP contribution in [0.15, 0.2) is 0 Å². The van der Waals surface area contributed by atoms with Crippen molar-refractivity contribution in [1.82, 2.24) is 0 Å². The second-order valence-electron chi connectivity index (χ2n) is 9.35. The van der Waals surface area contributed by atoms with Crippen molar-refractivity contribution in [3.05, 3.63) is 0 Å². The highest BCUT2D eigenvalue weighted by atomic mass is 14.5. The van der Waals surface area contributed by atoms with Crippen LogP contribution in [0.4, 0.5) is 0 Å². The zero-order valence-electron chi connectivity index (χ0n) is 13.6. The van der Waals surface area contributed by atoms with Gasteiger partial charge in [-0.15, -0.1) is 0 Å². The minimum atomic E-state index is 0.418. The fourth-order valence-corrected chi connectivity index (χ4v) is 4.85. The summed E-state index contributed by atoms with van der Waals surface area (Å²) in [5, 5.41) is 0. The van der Waals surface area contributed by atoms with Crippen LogP contribution < -0.4 is 0 Å². The highest BCUT2D eigenvalue weighted by Gasteiger charge is 2.50. The highest BCUT2D eigenvalue weighted by molar-refractivity contribution is 4.99. The lowest BCUT2D eigenvalue weighted by atomic mass is 9.49. The van der Waals surface area contributed by atoms with Gasteiger partial charge in [-0.25, -0.2) is 0 Å². The maximum absolute atomic E-state index is 2.50. The van der Waals surface area contributed by atoms with Crippen molar-refractivity contribution in [2.75, 3.05) is 0 Å². The monoisotopic (exact) mass is 238 g/mol. The molecule has 17 heavy (non-hydrogen) atoms. The lowest BCUT2D eigenvalue weighted by Crippen LogP contribution is -2.49. The Balaban J connectivity index is 3.15. The maximum atomic E-state index is 2.50. The molecule has 102 valence electrons. The van der Waals surface area contributed by atoms with Gasteiger partial charge in [0.1, 0.15) is 0 Å². The van der Waals surface area contributed by atoms with Crippen LogP contribution in [0.2, 0.25) is 0 Å². The summed E-state index contributed by atoms with van der Waals surface area (Å²) in [4.78, 5) is 0. The molecule has 0 bridgehead atoms.